The molecule has 0 N–H and O–H groups in total. The lowest BCUT2D eigenvalue weighted by Crippen LogP contribution is -2.49. The fourth-order valence-electron chi connectivity index (χ4n) is 3.46. The molecule has 0 aromatic carbocycles. The smallest absolute Gasteiger partial charge is 0.216 e. The van der Waals surface area contributed by atoms with Crippen LogP contribution in [0.15, 0.2) is 30.5 Å². The number of aromatic nitrogens is 2. The molecule has 2 aromatic rings. The van der Waals surface area contributed by atoms with Gasteiger partial charge in [0.1, 0.15) is 11.5 Å². The highest BCUT2D eigenvalue weighted by Crippen LogP contribution is 2.28. The van der Waals surface area contributed by atoms with Gasteiger partial charge in [0, 0.05) is 39.5 Å². The van der Waals surface area contributed by atoms with Crippen LogP contribution in [0, 0.1) is 5.92 Å². The van der Waals surface area contributed by atoms with Crippen LogP contribution in [0.25, 0.3) is 11.4 Å². The molecule has 0 amide bonds. The van der Waals surface area contributed by atoms with Gasteiger partial charge in [0.25, 0.3) is 0 Å². The van der Waals surface area contributed by atoms with Crippen LogP contribution in [-0.2, 0) is 21.2 Å². The SMILES string of the molecule is COCCS(=O)(=O)N1CCN(c2ccc(Cl)c(-c3ccc(CC(C)C)cn3)n2)CC1. The Morgan fingerprint density at radius 3 is 2.47 bits per heavy atom. The summed E-state index contributed by atoms with van der Waals surface area (Å²) in [6.45, 7) is 6.55. The highest BCUT2D eigenvalue weighted by Gasteiger charge is 2.27. The quantitative estimate of drug-likeness (QED) is 0.612. The van der Waals surface area contributed by atoms with Crippen molar-refractivity contribution in [2.45, 2.75) is 20.3 Å². The van der Waals surface area contributed by atoms with E-state index < -0.39 is 10.0 Å². The Morgan fingerprint density at radius 1 is 1.13 bits per heavy atom. The molecule has 0 bridgehead atoms. The van der Waals surface area contributed by atoms with Crippen molar-refractivity contribution < 1.29 is 13.2 Å². The van der Waals surface area contributed by atoms with Gasteiger partial charge >= 0.3 is 0 Å². The average Bonchev–Trinajstić information content (AvgIpc) is 2.73. The van der Waals surface area contributed by atoms with Crippen LogP contribution in [-0.4, -0.2) is 68.3 Å². The lowest BCUT2D eigenvalue weighted by Gasteiger charge is -2.34. The van der Waals surface area contributed by atoms with Gasteiger partial charge in [-0.25, -0.2) is 13.4 Å². The number of hydrogen-bond donors (Lipinski definition) is 0. The van der Waals surface area contributed by atoms with Gasteiger partial charge in [-0.15, -0.1) is 0 Å². The maximum atomic E-state index is 12.4. The molecule has 3 heterocycles. The predicted octanol–water partition coefficient (Wildman–Crippen LogP) is 3.09. The number of rotatable bonds is 8. The first-order valence-corrected chi connectivity index (χ1v) is 12.1. The topological polar surface area (TPSA) is 75.6 Å². The molecule has 0 atom stereocenters. The Bertz CT molecular complexity index is 943. The van der Waals surface area contributed by atoms with E-state index >= 15 is 0 Å². The number of hydrogen-bond acceptors (Lipinski definition) is 6. The highest BCUT2D eigenvalue weighted by molar-refractivity contribution is 7.89. The second-order valence-corrected chi connectivity index (χ2v) is 10.3. The molecule has 30 heavy (non-hydrogen) atoms. The van der Waals surface area contributed by atoms with E-state index in [2.05, 4.69) is 29.8 Å². The molecule has 1 fully saturated rings. The second-order valence-electron chi connectivity index (χ2n) is 7.84. The molecule has 0 saturated carbocycles. The zero-order valence-corrected chi connectivity index (χ0v) is 19.3. The number of anilines is 1. The van der Waals surface area contributed by atoms with E-state index in [0.717, 1.165) is 17.9 Å². The molecule has 0 aliphatic carbocycles. The molecular weight excluding hydrogens is 424 g/mol. The van der Waals surface area contributed by atoms with Crippen LogP contribution in [0.1, 0.15) is 19.4 Å². The summed E-state index contributed by atoms with van der Waals surface area (Å²) in [5.74, 6) is 1.35. The lowest BCUT2D eigenvalue weighted by atomic mass is 10.0. The third-order valence-corrected chi connectivity index (χ3v) is 7.18. The van der Waals surface area contributed by atoms with Crippen molar-refractivity contribution >= 4 is 27.4 Å². The molecule has 7 nitrogen and oxygen atoms in total. The Balaban J connectivity index is 1.72. The van der Waals surface area contributed by atoms with Crippen molar-refractivity contribution in [2.24, 2.45) is 5.92 Å². The first kappa shape index (κ1) is 22.9. The molecule has 1 saturated heterocycles. The number of pyridine rings is 2. The molecule has 164 valence electrons. The summed E-state index contributed by atoms with van der Waals surface area (Å²) in [4.78, 5) is 11.4. The van der Waals surface area contributed by atoms with Crippen LogP contribution in [0.2, 0.25) is 5.02 Å². The zero-order chi connectivity index (χ0) is 21.7. The van der Waals surface area contributed by atoms with Crippen molar-refractivity contribution in [3.05, 3.63) is 41.0 Å². The van der Waals surface area contributed by atoms with Crippen molar-refractivity contribution in [3.8, 4) is 11.4 Å². The van der Waals surface area contributed by atoms with Gasteiger partial charge in [-0.05, 0) is 36.1 Å². The molecule has 0 spiro atoms. The lowest BCUT2D eigenvalue weighted by molar-refractivity contribution is 0.215. The summed E-state index contributed by atoms with van der Waals surface area (Å²) < 4.78 is 31.1. The molecule has 9 heteroatoms. The number of ether oxygens (including phenoxy) is 1. The van der Waals surface area contributed by atoms with Crippen LogP contribution >= 0.6 is 11.6 Å². The third kappa shape index (κ3) is 5.69. The molecule has 1 aliphatic heterocycles. The summed E-state index contributed by atoms with van der Waals surface area (Å²) >= 11 is 6.40. The van der Waals surface area contributed by atoms with E-state index in [9.17, 15) is 8.42 Å². The van der Waals surface area contributed by atoms with Gasteiger partial charge in [0.05, 0.1) is 23.1 Å². The standard InChI is InChI=1S/C21H29ClN4O3S/c1-16(2)14-17-4-6-19(23-15-17)21-18(22)5-7-20(24-21)25-8-10-26(11-9-25)30(27,28)13-12-29-3/h4-7,15-16H,8-14H2,1-3H3. The van der Waals surface area contributed by atoms with E-state index in [0.29, 0.717) is 42.8 Å². The highest BCUT2D eigenvalue weighted by atomic mass is 35.5. The summed E-state index contributed by atoms with van der Waals surface area (Å²) in [6, 6.07) is 7.71. The largest absolute Gasteiger partial charge is 0.384 e. The molecular formula is C21H29ClN4O3S. The first-order valence-electron chi connectivity index (χ1n) is 10.1. The van der Waals surface area contributed by atoms with Gasteiger partial charge in [-0.3, -0.25) is 4.98 Å². The number of piperazine rings is 1. The van der Waals surface area contributed by atoms with Gasteiger partial charge in [0.15, 0.2) is 0 Å². The van der Waals surface area contributed by atoms with Crippen LogP contribution < -0.4 is 4.90 Å². The third-order valence-electron chi connectivity index (χ3n) is 5.04. The summed E-state index contributed by atoms with van der Waals surface area (Å²) in [5.41, 5.74) is 2.56. The summed E-state index contributed by atoms with van der Waals surface area (Å²) in [5, 5.41) is 0.545. The minimum Gasteiger partial charge on any atom is -0.384 e. The number of sulfonamides is 1. The van der Waals surface area contributed by atoms with Gasteiger partial charge in [0.2, 0.25) is 10.0 Å². The van der Waals surface area contributed by atoms with E-state index in [4.69, 9.17) is 21.3 Å². The molecule has 0 radical (unpaired) electrons. The average molecular weight is 453 g/mol. The van der Waals surface area contributed by atoms with E-state index in [-0.39, 0.29) is 12.4 Å². The van der Waals surface area contributed by atoms with E-state index in [1.54, 1.807) is 0 Å². The van der Waals surface area contributed by atoms with Crippen LogP contribution in [0.3, 0.4) is 0 Å². The Morgan fingerprint density at radius 2 is 1.87 bits per heavy atom. The predicted molar refractivity (Wildman–Crippen MR) is 120 cm³/mol. The van der Waals surface area contributed by atoms with Gasteiger partial charge in [-0.2, -0.15) is 4.31 Å². The Labute approximate surface area is 184 Å². The van der Waals surface area contributed by atoms with Crippen molar-refractivity contribution in [1.29, 1.82) is 0 Å². The Hall–Kier alpha value is -1.74. The monoisotopic (exact) mass is 452 g/mol. The van der Waals surface area contributed by atoms with Crippen molar-refractivity contribution in [2.75, 3.05) is 50.5 Å². The minimum absolute atomic E-state index is 0.00527. The molecule has 2 aromatic heterocycles. The fourth-order valence-corrected chi connectivity index (χ4v) is 5.01. The van der Waals surface area contributed by atoms with Crippen molar-refractivity contribution in [3.63, 3.8) is 0 Å². The molecule has 3 rings (SSSR count). The first-order chi connectivity index (χ1) is 14.3. The summed E-state index contributed by atoms with van der Waals surface area (Å²) in [7, 11) is -1.79. The van der Waals surface area contributed by atoms with Crippen LogP contribution in [0.4, 0.5) is 5.82 Å². The zero-order valence-electron chi connectivity index (χ0n) is 17.7. The maximum Gasteiger partial charge on any atom is 0.216 e. The number of methoxy groups -OCH3 is 1. The fraction of sp³-hybridized carbons (Fsp3) is 0.524. The van der Waals surface area contributed by atoms with E-state index in [1.807, 2.05) is 24.4 Å². The van der Waals surface area contributed by atoms with E-state index in [1.165, 1.54) is 17.0 Å². The molecule has 1 aliphatic rings. The minimum atomic E-state index is -3.29. The normalized spacial score (nSPS) is 15.7. The summed E-state index contributed by atoms with van der Waals surface area (Å²) in [6.07, 6.45) is 2.86. The van der Waals surface area contributed by atoms with Crippen LogP contribution in [0.5, 0.6) is 0 Å². The molecule has 0 unspecified atom stereocenters. The number of halogens is 1. The van der Waals surface area contributed by atoms with Crippen molar-refractivity contribution in [1.82, 2.24) is 14.3 Å². The number of nitrogens with zero attached hydrogens (tertiary/aromatic N) is 4. The Kier molecular flexibility index (Phi) is 7.68. The maximum absolute atomic E-state index is 12.4. The second kappa shape index (κ2) is 10.0. The van der Waals surface area contributed by atoms with Gasteiger partial charge in [-0.1, -0.05) is 31.5 Å². The van der Waals surface area contributed by atoms with Gasteiger partial charge < -0.3 is 9.64 Å².